The van der Waals surface area contributed by atoms with Gasteiger partial charge in [-0.3, -0.25) is 0 Å². The number of hydrogen-bond donors (Lipinski definition) is 2. The van der Waals surface area contributed by atoms with Gasteiger partial charge in [-0.05, 0) is 56.6 Å². The molecule has 0 radical (unpaired) electrons. The van der Waals surface area contributed by atoms with Crippen molar-refractivity contribution in [3.63, 3.8) is 0 Å². The minimum atomic E-state index is -0.134. The summed E-state index contributed by atoms with van der Waals surface area (Å²) in [5, 5.41) is 6.03. The second-order valence-corrected chi connectivity index (χ2v) is 8.29. The van der Waals surface area contributed by atoms with Crippen molar-refractivity contribution >= 4 is 17.4 Å². The van der Waals surface area contributed by atoms with Crippen LogP contribution in [0.4, 0.5) is 16.2 Å². The zero-order chi connectivity index (χ0) is 19.6. The van der Waals surface area contributed by atoms with E-state index in [1.54, 1.807) is 0 Å². The van der Waals surface area contributed by atoms with Gasteiger partial charge in [-0.1, -0.05) is 29.8 Å². The lowest BCUT2D eigenvalue weighted by Gasteiger charge is -2.34. The average molecular weight is 379 g/mol. The first-order chi connectivity index (χ1) is 13.5. The van der Waals surface area contributed by atoms with E-state index in [1.165, 1.54) is 16.8 Å². The Morgan fingerprint density at radius 2 is 1.61 bits per heavy atom. The molecule has 4 rings (SSSR count). The van der Waals surface area contributed by atoms with Gasteiger partial charge < -0.3 is 20.4 Å². The Labute approximate surface area is 167 Å². The Hall–Kier alpha value is -2.53. The first kappa shape index (κ1) is 18.8. The predicted molar refractivity (Wildman–Crippen MR) is 115 cm³/mol. The standard InChI is InChI=1S/C23H30N4O/c1-18-3-5-19(6-4-18)23(11-12-23)17-24-22(28)25-20-7-9-21(10-8-20)27-15-13-26(2)14-16-27/h3-10H,11-17H2,1-2H3,(H2,24,25,28). The normalized spacial score (nSPS) is 18.6. The van der Waals surface area contributed by atoms with Gasteiger partial charge >= 0.3 is 6.03 Å². The maximum Gasteiger partial charge on any atom is 0.319 e. The van der Waals surface area contributed by atoms with Gasteiger partial charge in [0.1, 0.15) is 0 Å². The van der Waals surface area contributed by atoms with Crippen LogP contribution in [0.5, 0.6) is 0 Å². The van der Waals surface area contributed by atoms with E-state index in [0.717, 1.165) is 44.7 Å². The third-order valence-electron chi connectivity index (χ3n) is 6.10. The van der Waals surface area contributed by atoms with E-state index in [1.807, 2.05) is 12.1 Å². The fourth-order valence-corrected chi connectivity index (χ4v) is 3.87. The Bertz CT molecular complexity index is 804. The lowest BCUT2D eigenvalue weighted by molar-refractivity contribution is 0.251. The van der Waals surface area contributed by atoms with Gasteiger partial charge in [0.25, 0.3) is 0 Å². The minimum Gasteiger partial charge on any atom is -0.369 e. The predicted octanol–water partition coefficient (Wildman–Crippen LogP) is 3.60. The van der Waals surface area contributed by atoms with Gasteiger partial charge in [0.05, 0.1) is 0 Å². The molecule has 0 bridgehead atoms. The second kappa shape index (κ2) is 7.84. The van der Waals surface area contributed by atoms with Crippen molar-refractivity contribution in [2.45, 2.75) is 25.2 Å². The lowest BCUT2D eigenvalue weighted by atomic mass is 9.95. The van der Waals surface area contributed by atoms with E-state index < -0.39 is 0 Å². The summed E-state index contributed by atoms with van der Waals surface area (Å²) >= 11 is 0. The summed E-state index contributed by atoms with van der Waals surface area (Å²) in [5.74, 6) is 0. The van der Waals surface area contributed by atoms with Crippen molar-refractivity contribution < 1.29 is 4.79 Å². The third-order valence-corrected chi connectivity index (χ3v) is 6.10. The van der Waals surface area contributed by atoms with Gasteiger partial charge in [-0.25, -0.2) is 4.79 Å². The second-order valence-electron chi connectivity index (χ2n) is 8.29. The molecule has 2 aliphatic rings. The average Bonchev–Trinajstić information content (AvgIpc) is 3.49. The maximum atomic E-state index is 12.4. The van der Waals surface area contributed by atoms with Crippen LogP contribution in [0.1, 0.15) is 24.0 Å². The van der Waals surface area contributed by atoms with Crippen molar-refractivity contribution in [1.82, 2.24) is 10.2 Å². The number of amides is 2. The number of carbonyl (C=O) groups excluding carboxylic acids is 1. The van der Waals surface area contributed by atoms with Gasteiger partial charge in [-0.15, -0.1) is 0 Å². The Balaban J connectivity index is 1.29. The fourth-order valence-electron chi connectivity index (χ4n) is 3.87. The van der Waals surface area contributed by atoms with Crippen LogP contribution in [0.25, 0.3) is 0 Å². The Kier molecular flexibility index (Phi) is 5.27. The Morgan fingerprint density at radius 1 is 0.964 bits per heavy atom. The van der Waals surface area contributed by atoms with Crippen molar-refractivity contribution in [2.24, 2.45) is 0 Å². The highest BCUT2D eigenvalue weighted by Gasteiger charge is 2.44. The molecular weight excluding hydrogens is 348 g/mol. The van der Waals surface area contributed by atoms with Crippen LogP contribution in [-0.4, -0.2) is 50.7 Å². The molecule has 2 aromatic rings. The van der Waals surface area contributed by atoms with Crippen LogP contribution in [0, 0.1) is 6.92 Å². The molecule has 148 valence electrons. The van der Waals surface area contributed by atoms with Crippen LogP contribution >= 0.6 is 0 Å². The van der Waals surface area contributed by atoms with E-state index in [9.17, 15) is 4.79 Å². The number of anilines is 2. The molecule has 5 heteroatoms. The van der Waals surface area contributed by atoms with Gasteiger partial charge in [0.15, 0.2) is 0 Å². The molecule has 1 saturated carbocycles. The van der Waals surface area contributed by atoms with Crippen molar-refractivity contribution in [1.29, 1.82) is 0 Å². The molecule has 0 atom stereocenters. The topological polar surface area (TPSA) is 47.6 Å². The molecule has 28 heavy (non-hydrogen) atoms. The number of urea groups is 1. The van der Waals surface area contributed by atoms with Crippen LogP contribution < -0.4 is 15.5 Å². The lowest BCUT2D eigenvalue weighted by Crippen LogP contribution is -2.44. The van der Waals surface area contributed by atoms with E-state index >= 15 is 0 Å². The number of aryl methyl sites for hydroxylation is 1. The third kappa shape index (κ3) is 4.30. The first-order valence-corrected chi connectivity index (χ1v) is 10.2. The number of hydrogen-bond acceptors (Lipinski definition) is 3. The minimum absolute atomic E-state index is 0.121. The molecule has 2 N–H and O–H groups in total. The molecule has 2 aromatic carbocycles. The number of nitrogens with one attached hydrogen (secondary N) is 2. The van der Waals surface area contributed by atoms with Gasteiger partial charge in [0.2, 0.25) is 0 Å². The number of rotatable bonds is 5. The molecule has 5 nitrogen and oxygen atoms in total. The highest BCUT2D eigenvalue weighted by Crippen LogP contribution is 2.47. The van der Waals surface area contributed by atoms with Gasteiger partial charge in [0, 0.05) is 49.5 Å². The number of likely N-dealkylation sites (N-methyl/N-ethyl adjacent to an activating group) is 1. The molecule has 2 amide bonds. The van der Waals surface area contributed by atoms with E-state index in [-0.39, 0.29) is 11.4 Å². The van der Waals surface area contributed by atoms with Crippen LogP contribution in [0.3, 0.4) is 0 Å². The van der Waals surface area contributed by atoms with Crippen molar-refractivity contribution in [2.75, 3.05) is 50.0 Å². The highest BCUT2D eigenvalue weighted by molar-refractivity contribution is 5.89. The zero-order valence-corrected chi connectivity index (χ0v) is 16.9. The highest BCUT2D eigenvalue weighted by atomic mass is 16.2. The zero-order valence-electron chi connectivity index (χ0n) is 16.9. The monoisotopic (exact) mass is 378 g/mol. The summed E-state index contributed by atoms with van der Waals surface area (Å²) in [6.45, 7) is 7.05. The smallest absolute Gasteiger partial charge is 0.319 e. The molecule has 1 aliphatic carbocycles. The molecule has 0 spiro atoms. The van der Waals surface area contributed by atoms with Crippen LogP contribution in [0.15, 0.2) is 48.5 Å². The number of carbonyl (C=O) groups is 1. The molecule has 1 aliphatic heterocycles. The summed E-state index contributed by atoms with van der Waals surface area (Å²) in [7, 11) is 2.16. The van der Waals surface area contributed by atoms with E-state index in [2.05, 4.69) is 70.8 Å². The van der Waals surface area contributed by atoms with E-state index in [0.29, 0.717) is 6.54 Å². The summed E-state index contributed by atoms with van der Waals surface area (Å²) in [6, 6.07) is 16.7. The molecule has 0 aromatic heterocycles. The SMILES string of the molecule is Cc1ccc(C2(CNC(=O)Nc3ccc(N4CCN(C)CC4)cc3)CC2)cc1. The van der Waals surface area contributed by atoms with Crippen LogP contribution in [0.2, 0.25) is 0 Å². The van der Waals surface area contributed by atoms with E-state index in [4.69, 9.17) is 0 Å². The Morgan fingerprint density at radius 3 is 2.21 bits per heavy atom. The van der Waals surface area contributed by atoms with Crippen molar-refractivity contribution in [3.05, 3.63) is 59.7 Å². The summed E-state index contributed by atoms with van der Waals surface area (Å²) in [5.41, 5.74) is 4.77. The van der Waals surface area contributed by atoms with Crippen molar-refractivity contribution in [3.8, 4) is 0 Å². The number of piperazine rings is 1. The summed E-state index contributed by atoms with van der Waals surface area (Å²) < 4.78 is 0. The quantitative estimate of drug-likeness (QED) is 0.836. The summed E-state index contributed by atoms with van der Waals surface area (Å²) in [4.78, 5) is 17.1. The molecular formula is C23H30N4O. The maximum absolute atomic E-state index is 12.4. The van der Waals surface area contributed by atoms with Gasteiger partial charge in [-0.2, -0.15) is 0 Å². The molecule has 1 heterocycles. The molecule has 0 unspecified atom stereocenters. The number of nitrogens with zero attached hydrogens (tertiary/aromatic N) is 2. The summed E-state index contributed by atoms with van der Waals surface area (Å²) in [6.07, 6.45) is 2.27. The first-order valence-electron chi connectivity index (χ1n) is 10.2. The number of benzene rings is 2. The van der Waals surface area contributed by atoms with Crippen LogP contribution in [-0.2, 0) is 5.41 Å². The molecule has 1 saturated heterocycles. The molecule has 2 fully saturated rings. The fraction of sp³-hybridized carbons (Fsp3) is 0.435. The largest absolute Gasteiger partial charge is 0.369 e.